The molecule has 0 saturated carbocycles. The van der Waals surface area contributed by atoms with E-state index in [1.807, 2.05) is 6.08 Å². The lowest BCUT2D eigenvalue weighted by molar-refractivity contribution is 0.0596. The molecule has 2 atom stereocenters. The van der Waals surface area contributed by atoms with Crippen molar-refractivity contribution >= 4 is 0 Å². The summed E-state index contributed by atoms with van der Waals surface area (Å²) in [5, 5.41) is 27.1. The Morgan fingerprint density at radius 2 is 1.77 bits per heavy atom. The van der Waals surface area contributed by atoms with Crippen molar-refractivity contribution in [3.8, 4) is 0 Å². The fourth-order valence-corrected chi connectivity index (χ4v) is 1.20. The first-order valence-corrected chi connectivity index (χ1v) is 4.78. The van der Waals surface area contributed by atoms with Gasteiger partial charge >= 0.3 is 0 Å². The molecule has 78 valence electrons. The monoisotopic (exact) mass is 188 g/mol. The Bertz CT molecular complexity index is 125. The summed E-state index contributed by atoms with van der Waals surface area (Å²) in [6, 6.07) is 0. The summed E-state index contributed by atoms with van der Waals surface area (Å²) >= 11 is 0. The number of aliphatic hydroxyl groups is 3. The minimum atomic E-state index is -0.580. The van der Waals surface area contributed by atoms with Crippen LogP contribution in [-0.4, -0.2) is 34.1 Å². The molecule has 0 amide bonds. The highest BCUT2D eigenvalue weighted by Crippen LogP contribution is 2.09. The smallest absolute Gasteiger partial charge is 0.0586 e. The van der Waals surface area contributed by atoms with E-state index in [0.29, 0.717) is 19.3 Å². The normalized spacial score (nSPS) is 15.3. The van der Waals surface area contributed by atoms with Gasteiger partial charge in [-0.1, -0.05) is 6.08 Å². The molecule has 0 fully saturated rings. The lowest BCUT2D eigenvalue weighted by Crippen LogP contribution is -2.18. The Hall–Kier alpha value is -0.380. The van der Waals surface area contributed by atoms with Crippen LogP contribution in [0.3, 0.4) is 0 Å². The van der Waals surface area contributed by atoms with Crippen LogP contribution in [0.5, 0.6) is 0 Å². The van der Waals surface area contributed by atoms with Crippen molar-refractivity contribution in [1.29, 1.82) is 0 Å². The van der Waals surface area contributed by atoms with Crippen LogP contribution in [0.4, 0.5) is 0 Å². The van der Waals surface area contributed by atoms with E-state index in [2.05, 4.69) is 6.58 Å². The van der Waals surface area contributed by atoms with Gasteiger partial charge in [0.25, 0.3) is 0 Å². The first kappa shape index (κ1) is 12.6. The van der Waals surface area contributed by atoms with E-state index in [4.69, 9.17) is 5.11 Å². The highest BCUT2D eigenvalue weighted by Gasteiger charge is 2.10. The fourth-order valence-electron chi connectivity index (χ4n) is 1.20. The SMILES string of the molecule is C=CCCCC(O)CC(O)CCO. The molecule has 0 aliphatic rings. The fraction of sp³-hybridized carbons (Fsp3) is 0.800. The third-order valence-electron chi connectivity index (χ3n) is 1.95. The van der Waals surface area contributed by atoms with Gasteiger partial charge in [0.2, 0.25) is 0 Å². The molecule has 0 aliphatic heterocycles. The summed E-state index contributed by atoms with van der Waals surface area (Å²) in [5.41, 5.74) is 0. The first-order valence-electron chi connectivity index (χ1n) is 4.78. The molecule has 3 N–H and O–H groups in total. The number of hydrogen-bond donors (Lipinski definition) is 3. The molecule has 0 aromatic carbocycles. The van der Waals surface area contributed by atoms with E-state index in [1.54, 1.807) is 0 Å². The van der Waals surface area contributed by atoms with Crippen LogP contribution in [-0.2, 0) is 0 Å². The van der Waals surface area contributed by atoms with Crippen molar-refractivity contribution in [3.63, 3.8) is 0 Å². The second kappa shape index (κ2) is 8.23. The Kier molecular flexibility index (Phi) is 7.99. The van der Waals surface area contributed by atoms with Crippen molar-refractivity contribution in [1.82, 2.24) is 0 Å². The molecule has 0 aromatic heterocycles. The maximum Gasteiger partial charge on any atom is 0.0586 e. The largest absolute Gasteiger partial charge is 0.396 e. The molecule has 0 aliphatic carbocycles. The number of aliphatic hydroxyl groups excluding tert-OH is 3. The Morgan fingerprint density at radius 1 is 1.15 bits per heavy atom. The first-order chi connectivity index (χ1) is 6.20. The summed E-state index contributed by atoms with van der Waals surface area (Å²) < 4.78 is 0. The molecule has 0 heterocycles. The van der Waals surface area contributed by atoms with Gasteiger partial charge in [0.1, 0.15) is 0 Å². The van der Waals surface area contributed by atoms with Crippen molar-refractivity contribution in [2.24, 2.45) is 0 Å². The number of unbranched alkanes of at least 4 members (excludes halogenated alkanes) is 1. The summed E-state index contributed by atoms with van der Waals surface area (Å²) in [4.78, 5) is 0. The third-order valence-corrected chi connectivity index (χ3v) is 1.95. The topological polar surface area (TPSA) is 60.7 Å². The molecule has 2 unspecified atom stereocenters. The highest BCUT2D eigenvalue weighted by atomic mass is 16.3. The van der Waals surface area contributed by atoms with Crippen LogP contribution in [0, 0.1) is 0 Å². The minimum absolute atomic E-state index is 0.0272. The van der Waals surface area contributed by atoms with Crippen LogP contribution < -0.4 is 0 Å². The quantitative estimate of drug-likeness (QED) is 0.391. The summed E-state index contributed by atoms with van der Waals surface area (Å²) in [6.07, 6.45) is 3.97. The molecular weight excluding hydrogens is 168 g/mol. The summed E-state index contributed by atoms with van der Waals surface area (Å²) in [7, 11) is 0. The number of hydrogen-bond acceptors (Lipinski definition) is 3. The van der Waals surface area contributed by atoms with Gasteiger partial charge in [0.05, 0.1) is 12.2 Å². The van der Waals surface area contributed by atoms with Crippen LogP contribution in [0.2, 0.25) is 0 Å². The Morgan fingerprint density at radius 3 is 2.31 bits per heavy atom. The van der Waals surface area contributed by atoms with E-state index >= 15 is 0 Å². The molecule has 13 heavy (non-hydrogen) atoms. The average molecular weight is 188 g/mol. The van der Waals surface area contributed by atoms with Gasteiger partial charge in [0, 0.05) is 6.61 Å². The van der Waals surface area contributed by atoms with Crippen LogP contribution in [0.15, 0.2) is 12.7 Å². The van der Waals surface area contributed by atoms with Crippen molar-refractivity contribution in [2.75, 3.05) is 6.61 Å². The van der Waals surface area contributed by atoms with Gasteiger partial charge < -0.3 is 15.3 Å². The maximum absolute atomic E-state index is 9.40. The maximum atomic E-state index is 9.40. The predicted molar refractivity (Wildman–Crippen MR) is 52.4 cm³/mol. The van der Waals surface area contributed by atoms with Gasteiger partial charge in [-0.15, -0.1) is 6.58 Å². The second-order valence-electron chi connectivity index (χ2n) is 3.28. The van der Waals surface area contributed by atoms with E-state index in [-0.39, 0.29) is 6.61 Å². The van der Waals surface area contributed by atoms with Gasteiger partial charge in [-0.2, -0.15) is 0 Å². The molecule has 0 aromatic rings. The summed E-state index contributed by atoms with van der Waals surface area (Å²) in [5.74, 6) is 0. The average Bonchev–Trinajstić information content (AvgIpc) is 2.05. The van der Waals surface area contributed by atoms with Crippen LogP contribution in [0.25, 0.3) is 0 Å². The van der Waals surface area contributed by atoms with Gasteiger partial charge in [-0.25, -0.2) is 0 Å². The standard InChI is InChI=1S/C10H20O3/c1-2-3-4-5-9(12)8-10(13)6-7-11/h2,9-13H,1,3-8H2. The Labute approximate surface area is 79.7 Å². The number of allylic oxidation sites excluding steroid dienone is 1. The van der Waals surface area contributed by atoms with E-state index in [0.717, 1.165) is 12.8 Å². The molecule has 3 nitrogen and oxygen atoms in total. The minimum Gasteiger partial charge on any atom is -0.396 e. The van der Waals surface area contributed by atoms with E-state index in [1.165, 1.54) is 0 Å². The Balaban J connectivity index is 3.37. The molecule has 0 rings (SSSR count). The van der Waals surface area contributed by atoms with Crippen molar-refractivity contribution in [2.45, 2.75) is 44.3 Å². The van der Waals surface area contributed by atoms with E-state index in [9.17, 15) is 10.2 Å². The molecule has 0 spiro atoms. The zero-order valence-corrected chi connectivity index (χ0v) is 8.02. The van der Waals surface area contributed by atoms with E-state index < -0.39 is 12.2 Å². The zero-order chi connectivity index (χ0) is 10.1. The molecule has 0 bridgehead atoms. The van der Waals surface area contributed by atoms with Gasteiger partial charge in [-0.3, -0.25) is 0 Å². The molecular formula is C10H20O3. The van der Waals surface area contributed by atoms with Crippen LogP contribution in [0.1, 0.15) is 32.1 Å². The molecule has 0 radical (unpaired) electrons. The third kappa shape index (κ3) is 7.96. The highest BCUT2D eigenvalue weighted by molar-refractivity contribution is 4.69. The molecule has 3 heteroatoms. The van der Waals surface area contributed by atoms with Crippen molar-refractivity contribution in [3.05, 3.63) is 12.7 Å². The van der Waals surface area contributed by atoms with Crippen molar-refractivity contribution < 1.29 is 15.3 Å². The zero-order valence-electron chi connectivity index (χ0n) is 8.02. The predicted octanol–water partition coefficient (Wildman–Crippen LogP) is 0.837. The second-order valence-corrected chi connectivity index (χ2v) is 3.28. The lowest BCUT2D eigenvalue weighted by atomic mass is 10.0. The van der Waals surface area contributed by atoms with Gasteiger partial charge in [-0.05, 0) is 32.1 Å². The number of rotatable bonds is 8. The molecule has 0 saturated heterocycles. The van der Waals surface area contributed by atoms with Gasteiger partial charge in [0.15, 0.2) is 0 Å². The summed E-state index contributed by atoms with van der Waals surface area (Å²) in [6.45, 7) is 3.56. The van der Waals surface area contributed by atoms with Crippen LogP contribution >= 0.6 is 0 Å². The lowest BCUT2D eigenvalue weighted by Gasteiger charge is -2.14.